The summed E-state index contributed by atoms with van der Waals surface area (Å²) in [5.41, 5.74) is 5.09. The van der Waals surface area contributed by atoms with Crippen molar-refractivity contribution in [1.29, 1.82) is 0 Å². The first kappa shape index (κ1) is 22.5. The minimum absolute atomic E-state index is 0.411. The van der Waals surface area contributed by atoms with Crippen molar-refractivity contribution in [2.24, 2.45) is 11.7 Å². The zero-order valence-electron chi connectivity index (χ0n) is 13.5. The van der Waals surface area contributed by atoms with E-state index < -0.39 is 63.6 Å². The first-order chi connectivity index (χ1) is 10.9. The average Bonchev–Trinajstić information content (AvgIpc) is 2.46. The third-order valence-electron chi connectivity index (χ3n) is 2.36. The molecule has 0 fully saturated rings. The van der Waals surface area contributed by atoms with Crippen LogP contribution in [0, 0.1) is 5.92 Å². The van der Waals surface area contributed by atoms with E-state index in [2.05, 4.69) is 9.05 Å². The van der Waals surface area contributed by atoms with Crippen molar-refractivity contribution >= 4 is 25.7 Å². The minimum atomic E-state index is -4.87. The highest BCUT2D eigenvalue weighted by molar-refractivity contribution is 7.45. The molecule has 11 nitrogen and oxygen atoms in total. The molecular formula is C12H21NO10P-. The lowest BCUT2D eigenvalue weighted by Crippen LogP contribution is -2.35. The molecule has 24 heavy (non-hydrogen) atoms. The molecule has 0 spiro atoms. The molecule has 0 saturated heterocycles. The second-order valence-electron chi connectivity index (χ2n) is 5.00. The maximum Gasteiger partial charge on any atom is 0.322 e. The van der Waals surface area contributed by atoms with Gasteiger partial charge in [0.25, 0.3) is 7.82 Å². The van der Waals surface area contributed by atoms with Gasteiger partial charge >= 0.3 is 17.9 Å². The molecule has 12 heteroatoms. The summed E-state index contributed by atoms with van der Waals surface area (Å²) < 4.78 is 29.9. The number of hydrogen-bond donors (Lipinski definition) is 2. The normalized spacial score (nSPS) is 16.1. The number of phosphoric acid groups is 1. The Morgan fingerprint density at radius 1 is 1.17 bits per heavy atom. The van der Waals surface area contributed by atoms with E-state index in [1.807, 2.05) is 0 Å². The number of phosphoric ester groups is 1. The third-order valence-corrected chi connectivity index (χ3v) is 3.29. The van der Waals surface area contributed by atoms with Crippen molar-refractivity contribution < 1.29 is 47.5 Å². The predicted molar refractivity (Wildman–Crippen MR) is 76.5 cm³/mol. The van der Waals surface area contributed by atoms with Crippen molar-refractivity contribution in [3.8, 4) is 0 Å². The number of rotatable bonds is 11. The highest BCUT2D eigenvalue weighted by atomic mass is 31.2. The number of nitrogens with two attached hydrogens (primary N) is 1. The van der Waals surface area contributed by atoms with Crippen molar-refractivity contribution in [3.05, 3.63) is 0 Å². The number of hydrogen-bond acceptors (Lipinski definition) is 10. The average molecular weight is 370 g/mol. The Labute approximate surface area is 138 Å². The summed E-state index contributed by atoms with van der Waals surface area (Å²) in [6.45, 7) is 2.35. The van der Waals surface area contributed by atoms with Crippen molar-refractivity contribution in [2.45, 2.75) is 32.9 Å². The lowest BCUT2D eigenvalue weighted by Gasteiger charge is -2.26. The van der Waals surface area contributed by atoms with Crippen LogP contribution < -0.4 is 10.6 Å². The van der Waals surface area contributed by atoms with Gasteiger partial charge in [-0.15, -0.1) is 0 Å². The van der Waals surface area contributed by atoms with E-state index in [1.54, 1.807) is 13.8 Å². The highest BCUT2D eigenvalue weighted by Crippen LogP contribution is 2.38. The lowest BCUT2D eigenvalue weighted by molar-refractivity contribution is -0.228. The molecule has 3 atom stereocenters. The van der Waals surface area contributed by atoms with Crippen LogP contribution in [-0.4, -0.2) is 55.0 Å². The molecule has 0 aliphatic heterocycles. The van der Waals surface area contributed by atoms with E-state index in [0.29, 0.717) is 0 Å². The SMILES string of the molecule is CC(=O)OC(COC(=O)C(C)C)COP(=O)([O-])OCC(N)C(=O)O. The van der Waals surface area contributed by atoms with Crippen LogP contribution in [0.5, 0.6) is 0 Å². The fourth-order valence-corrected chi connectivity index (χ4v) is 1.91. The van der Waals surface area contributed by atoms with Gasteiger partial charge in [-0.25, -0.2) is 0 Å². The summed E-state index contributed by atoms with van der Waals surface area (Å²) in [4.78, 5) is 44.3. The Morgan fingerprint density at radius 3 is 2.17 bits per heavy atom. The number of carbonyl (C=O) groups excluding carboxylic acids is 2. The van der Waals surface area contributed by atoms with E-state index in [-0.39, 0.29) is 0 Å². The van der Waals surface area contributed by atoms with Crippen LogP contribution in [0.25, 0.3) is 0 Å². The third kappa shape index (κ3) is 10.3. The molecule has 0 amide bonds. The van der Waals surface area contributed by atoms with Crippen LogP contribution in [0.1, 0.15) is 20.8 Å². The maximum absolute atomic E-state index is 11.5. The first-order valence-electron chi connectivity index (χ1n) is 6.87. The van der Waals surface area contributed by atoms with Gasteiger partial charge in [-0.2, -0.15) is 0 Å². The van der Waals surface area contributed by atoms with Gasteiger partial charge in [-0.3, -0.25) is 18.9 Å². The van der Waals surface area contributed by atoms with Crippen LogP contribution in [0.3, 0.4) is 0 Å². The molecule has 3 unspecified atom stereocenters. The van der Waals surface area contributed by atoms with Gasteiger partial charge < -0.3 is 34.3 Å². The zero-order valence-corrected chi connectivity index (χ0v) is 14.4. The zero-order chi connectivity index (χ0) is 18.9. The number of carbonyl (C=O) groups is 3. The van der Waals surface area contributed by atoms with Gasteiger partial charge in [0, 0.05) is 6.92 Å². The Bertz CT molecular complexity index is 494. The molecular weight excluding hydrogens is 349 g/mol. The molecule has 0 radical (unpaired) electrons. The molecule has 0 heterocycles. The molecule has 0 aliphatic carbocycles. The molecule has 0 aliphatic rings. The number of aliphatic carboxylic acids is 1. The van der Waals surface area contributed by atoms with Crippen LogP contribution in [0.4, 0.5) is 0 Å². The topological polar surface area (TPSA) is 175 Å². The number of carboxylic acids is 1. The summed E-state index contributed by atoms with van der Waals surface area (Å²) in [5.74, 6) is -3.18. The molecule has 0 bridgehead atoms. The van der Waals surface area contributed by atoms with E-state index >= 15 is 0 Å². The Kier molecular flexibility index (Phi) is 9.71. The molecule has 0 saturated carbocycles. The second kappa shape index (κ2) is 10.4. The quantitative estimate of drug-likeness (QED) is 0.338. The first-order valence-corrected chi connectivity index (χ1v) is 8.33. The number of carboxylic acid groups (broad SMARTS) is 1. The Hall–Kier alpha value is -1.52. The minimum Gasteiger partial charge on any atom is -0.756 e. The van der Waals surface area contributed by atoms with Gasteiger partial charge in [0.15, 0.2) is 6.10 Å². The van der Waals surface area contributed by atoms with E-state index in [1.165, 1.54) is 0 Å². The fraction of sp³-hybridized carbons (Fsp3) is 0.750. The van der Waals surface area contributed by atoms with Gasteiger partial charge in [-0.1, -0.05) is 13.8 Å². The molecule has 0 rings (SSSR count). The molecule has 0 aromatic heterocycles. The van der Waals surface area contributed by atoms with Crippen molar-refractivity contribution in [2.75, 3.05) is 19.8 Å². The summed E-state index contributed by atoms with van der Waals surface area (Å²) in [7, 11) is -4.87. The number of esters is 2. The van der Waals surface area contributed by atoms with Crippen LogP contribution in [0.2, 0.25) is 0 Å². The van der Waals surface area contributed by atoms with Crippen LogP contribution in [-0.2, 0) is 37.5 Å². The second-order valence-corrected chi connectivity index (χ2v) is 6.41. The van der Waals surface area contributed by atoms with Gasteiger partial charge in [-0.05, 0) is 0 Å². The van der Waals surface area contributed by atoms with Crippen molar-refractivity contribution in [3.63, 3.8) is 0 Å². The van der Waals surface area contributed by atoms with E-state index in [9.17, 15) is 23.8 Å². The largest absolute Gasteiger partial charge is 0.756 e. The monoisotopic (exact) mass is 370 g/mol. The maximum atomic E-state index is 11.5. The Morgan fingerprint density at radius 2 is 1.71 bits per heavy atom. The smallest absolute Gasteiger partial charge is 0.322 e. The summed E-state index contributed by atoms with van der Waals surface area (Å²) >= 11 is 0. The van der Waals surface area contributed by atoms with E-state index in [0.717, 1.165) is 6.92 Å². The van der Waals surface area contributed by atoms with Gasteiger partial charge in [0.2, 0.25) is 0 Å². The lowest BCUT2D eigenvalue weighted by atomic mass is 10.2. The highest BCUT2D eigenvalue weighted by Gasteiger charge is 2.22. The van der Waals surface area contributed by atoms with E-state index in [4.69, 9.17) is 20.3 Å². The standard InChI is InChI=1S/C12H22NO10P/c1-7(2)12(17)20-4-9(23-8(3)14)5-21-24(18,19)22-6-10(13)11(15)16/h7,9-10H,4-6,13H2,1-3H3,(H,15,16)(H,18,19)/p-1. The number of ether oxygens (including phenoxy) is 2. The van der Waals surface area contributed by atoms with Gasteiger partial charge in [0.05, 0.1) is 19.1 Å². The van der Waals surface area contributed by atoms with Crippen LogP contribution in [0.15, 0.2) is 0 Å². The molecule has 0 aromatic carbocycles. The van der Waals surface area contributed by atoms with Gasteiger partial charge in [0.1, 0.15) is 12.6 Å². The van der Waals surface area contributed by atoms with Crippen molar-refractivity contribution in [1.82, 2.24) is 0 Å². The summed E-state index contributed by atoms with van der Waals surface area (Å²) in [6, 6.07) is -1.55. The molecule has 0 aromatic rings. The fourth-order valence-electron chi connectivity index (χ4n) is 1.15. The predicted octanol–water partition coefficient (Wildman–Crippen LogP) is -0.969. The Balaban J connectivity index is 4.51. The summed E-state index contributed by atoms with van der Waals surface area (Å²) in [5, 5.41) is 8.52. The summed E-state index contributed by atoms with van der Waals surface area (Å²) in [6.07, 6.45) is -1.18. The van der Waals surface area contributed by atoms with Crippen LogP contribution >= 0.6 is 7.82 Å². The molecule has 140 valence electrons. The molecule has 3 N–H and O–H groups in total.